The van der Waals surface area contributed by atoms with E-state index in [0.717, 1.165) is 24.8 Å². The number of carbonyl (C=O) groups is 2. The lowest BCUT2D eigenvalue weighted by Gasteiger charge is -2.40. The summed E-state index contributed by atoms with van der Waals surface area (Å²) in [5, 5.41) is 0. The Morgan fingerprint density at radius 3 is 2.42 bits per heavy atom. The number of piperidine rings is 1. The normalized spacial score (nSPS) is 19.5. The van der Waals surface area contributed by atoms with Gasteiger partial charge in [0, 0.05) is 6.54 Å². The zero-order chi connectivity index (χ0) is 17.7. The molecule has 1 aliphatic heterocycles. The molecule has 0 unspecified atom stereocenters. The number of carbonyl (C=O) groups excluding carboxylic acids is 2. The summed E-state index contributed by atoms with van der Waals surface area (Å²) in [4.78, 5) is 26.8. The Morgan fingerprint density at radius 2 is 1.83 bits per heavy atom. The Labute approximate surface area is 143 Å². The molecule has 0 aromatic heterocycles. The van der Waals surface area contributed by atoms with Crippen molar-refractivity contribution >= 4 is 12.1 Å². The van der Waals surface area contributed by atoms with Crippen LogP contribution in [0.15, 0.2) is 30.3 Å². The summed E-state index contributed by atoms with van der Waals surface area (Å²) < 4.78 is 10.6. The molecule has 24 heavy (non-hydrogen) atoms. The first-order valence-corrected chi connectivity index (χ1v) is 8.46. The van der Waals surface area contributed by atoms with Crippen molar-refractivity contribution < 1.29 is 19.1 Å². The van der Waals surface area contributed by atoms with E-state index in [1.54, 1.807) is 4.90 Å². The van der Waals surface area contributed by atoms with Crippen LogP contribution in [0, 0.1) is 0 Å². The SMILES string of the molecule is COC(=O)[C@H](c1ccccc1)[C@@H]1CCCCN1C(=O)OC(C)(C)C. The second kappa shape index (κ2) is 7.69. The molecule has 0 saturated carbocycles. The van der Waals surface area contributed by atoms with Gasteiger partial charge in [0.25, 0.3) is 0 Å². The largest absolute Gasteiger partial charge is 0.468 e. The lowest BCUT2D eigenvalue weighted by atomic mass is 9.85. The molecule has 5 nitrogen and oxygen atoms in total. The van der Waals surface area contributed by atoms with Gasteiger partial charge in [-0.2, -0.15) is 0 Å². The average Bonchev–Trinajstić information content (AvgIpc) is 2.54. The predicted octanol–water partition coefficient (Wildman–Crippen LogP) is 3.73. The van der Waals surface area contributed by atoms with Crippen LogP contribution in [0.2, 0.25) is 0 Å². The Morgan fingerprint density at radius 1 is 1.17 bits per heavy atom. The molecule has 0 N–H and O–H groups in total. The van der Waals surface area contributed by atoms with E-state index in [2.05, 4.69) is 0 Å². The first-order valence-electron chi connectivity index (χ1n) is 8.46. The van der Waals surface area contributed by atoms with Gasteiger partial charge in [-0.3, -0.25) is 4.79 Å². The maximum absolute atomic E-state index is 12.6. The van der Waals surface area contributed by atoms with Crippen LogP contribution in [0.4, 0.5) is 4.79 Å². The number of hydrogen-bond acceptors (Lipinski definition) is 4. The number of rotatable bonds is 3. The minimum Gasteiger partial charge on any atom is -0.468 e. The minimum absolute atomic E-state index is 0.247. The van der Waals surface area contributed by atoms with Gasteiger partial charge < -0.3 is 14.4 Å². The lowest BCUT2D eigenvalue weighted by molar-refractivity contribution is -0.144. The predicted molar refractivity (Wildman–Crippen MR) is 91.8 cm³/mol. The van der Waals surface area contributed by atoms with Crippen molar-refractivity contribution in [2.75, 3.05) is 13.7 Å². The molecule has 2 rings (SSSR count). The van der Waals surface area contributed by atoms with Crippen molar-refractivity contribution in [1.29, 1.82) is 0 Å². The third kappa shape index (κ3) is 4.49. The number of likely N-dealkylation sites (tertiary alicyclic amines) is 1. The maximum Gasteiger partial charge on any atom is 0.410 e. The molecule has 1 saturated heterocycles. The third-order valence-electron chi connectivity index (χ3n) is 4.18. The zero-order valence-corrected chi connectivity index (χ0v) is 15.0. The van der Waals surface area contributed by atoms with E-state index >= 15 is 0 Å². The Kier molecular flexibility index (Phi) is 5.86. The number of esters is 1. The molecular weight excluding hydrogens is 306 g/mol. The van der Waals surface area contributed by atoms with Gasteiger partial charge in [0.2, 0.25) is 0 Å². The monoisotopic (exact) mass is 333 g/mol. The molecule has 2 atom stereocenters. The standard InChI is InChI=1S/C19H27NO4/c1-19(2,3)24-18(22)20-13-9-8-12-15(20)16(17(21)23-4)14-10-6-5-7-11-14/h5-7,10-11,15-16H,8-9,12-13H2,1-4H3/t15-,16+/m0/s1. The molecule has 1 heterocycles. The van der Waals surface area contributed by atoms with E-state index in [4.69, 9.17) is 9.47 Å². The van der Waals surface area contributed by atoms with Crippen LogP contribution in [-0.2, 0) is 14.3 Å². The number of methoxy groups -OCH3 is 1. The van der Waals surface area contributed by atoms with Crippen LogP contribution in [0.1, 0.15) is 51.5 Å². The van der Waals surface area contributed by atoms with Crippen LogP contribution in [0.5, 0.6) is 0 Å². The zero-order valence-electron chi connectivity index (χ0n) is 15.0. The highest BCUT2D eigenvalue weighted by Crippen LogP contribution is 2.32. The van der Waals surface area contributed by atoms with E-state index in [-0.39, 0.29) is 18.1 Å². The Hall–Kier alpha value is -2.04. The molecule has 1 amide bonds. The second-order valence-electron chi connectivity index (χ2n) is 7.15. The minimum atomic E-state index is -0.563. The van der Waals surface area contributed by atoms with Crippen molar-refractivity contribution in [3.63, 3.8) is 0 Å². The molecule has 1 aromatic carbocycles. The summed E-state index contributed by atoms with van der Waals surface area (Å²) in [5.74, 6) is -0.814. The summed E-state index contributed by atoms with van der Waals surface area (Å²) in [6, 6.07) is 9.26. The van der Waals surface area contributed by atoms with Crippen LogP contribution >= 0.6 is 0 Å². The molecular formula is C19H27NO4. The van der Waals surface area contributed by atoms with Crippen LogP contribution in [-0.4, -0.2) is 42.3 Å². The van der Waals surface area contributed by atoms with E-state index in [1.165, 1.54) is 7.11 Å². The molecule has 1 aliphatic rings. The quantitative estimate of drug-likeness (QED) is 0.791. The molecule has 0 bridgehead atoms. The van der Waals surface area contributed by atoms with Crippen molar-refractivity contribution in [1.82, 2.24) is 4.90 Å². The summed E-state index contributed by atoms with van der Waals surface area (Å²) in [7, 11) is 1.39. The topological polar surface area (TPSA) is 55.8 Å². The van der Waals surface area contributed by atoms with Crippen LogP contribution < -0.4 is 0 Å². The van der Waals surface area contributed by atoms with E-state index in [9.17, 15) is 9.59 Å². The summed E-state index contributed by atoms with van der Waals surface area (Å²) in [5.41, 5.74) is 0.303. The van der Waals surface area contributed by atoms with Crippen molar-refractivity contribution in [2.45, 2.75) is 57.6 Å². The van der Waals surface area contributed by atoms with E-state index in [1.807, 2.05) is 51.1 Å². The number of hydrogen-bond donors (Lipinski definition) is 0. The molecule has 1 fully saturated rings. The number of amides is 1. The first kappa shape index (κ1) is 18.3. The fraction of sp³-hybridized carbons (Fsp3) is 0.579. The van der Waals surface area contributed by atoms with Crippen LogP contribution in [0.3, 0.4) is 0 Å². The lowest BCUT2D eigenvalue weighted by Crippen LogP contribution is -2.50. The third-order valence-corrected chi connectivity index (χ3v) is 4.18. The van der Waals surface area contributed by atoms with E-state index in [0.29, 0.717) is 6.54 Å². The van der Waals surface area contributed by atoms with Gasteiger partial charge in [0.15, 0.2) is 0 Å². The van der Waals surface area contributed by atoms with Gasteiger partial charge in [0.05, 0.1) is 13.2 Å². The number of nitrogens with zero attached hydrogens (tertiary/aromatic N) is 1. The highest BCUT2D eigenvalue weighted by atomic mass is 16.6. The average molecular weight is 333 g/mol. The summed E-state index contributed by atoms with van der Waals surface area (Å²) in [6.45, 7) is 6.14. The molecule has 1 aromatic rings. The van der Waals surface area contributed by atoms with Gasteiger partial charge in [-0.15, -0.1) is 0 Å². The highest BCUT2D eigenvalue weighted by molar-refractivity contribution is 5.80. The van der Waals surface area contributed by atoms with Gasteiger partial charge in [-0.25, -0.2) is 4.79 Å². The molecule has 0 spiro atoms. The first-order chi connectivity index (χ1) is 11.3. The van der Waals surface area contributed by atoms with Crippen LogP contribution in [0.25, 0.3) is 0 Å². The molecule has 132 valence electrons. The van der Waals surface area contributed by atoms with Crippen molar-refractivity contribution in [2.24, 2.45) is 0 Å². The van der Waals surface area contributed by atoms with Crippen molar-refractivity contribution in [3.8, 4) is 0 Å². The molecule has 5 heteroatoms. The van der Waals surface area contributed by atoms with Gasteiger partial charge >= 0.3 is 12.1 Å². The number of benzene rings is 1. The maximum atomic E-state index is 12.6. The summed E-state index contributed by atoms with van der Waals surface area (Å²) >= 11 is 0. The van der Waals surface area contributed by atoms with Gasteiger partial charge in [-0.1, -0.05) is 30.3 Å². The smallest absolute Gasteiger partial charge is 0.410 e. The van der Waals surface area contributed by atoms with Crippen molar-refractivity contribution in [3.05, 3.63) is 35.9 Å². The van der Waals surface area contributed by atoms with E-state index < -0.39 is 11.5 Å². The summed E-state index contributed by atoms with van der Waals surface area (Å²) in [6.07, 6.45) is 2.29. The van der Waals surface area contributed by atoms with Gasteiger partial charge in [0.1, 0.15) is 11.5 Å². The number of ether oxygens (including phenoxy) is 2. The fourth-order valence-corrected chi connectivity index (χ4v) is 3.15. The fourth-order valence-electron chi connectivity index (χ4n) is 3.15. The second-order valence-corrected chi connectivity index (χ2v) is 7.15. The Balaban J connectivity index is 2.31. The molecule has 0 radical (unpaired) electrons. The molecule has 0 aliphatic carbocycles. The van der Waals surface area contributed by atoms with Gasteiger partial charge in [-0.05, 0) is 45.6 Å². The highest BCUT2D eigenvalue weighted by Gasteiger charge is 2.40. The Bertz CT molecular complexity index is 564.